The van der Waals surface area contributed by atoms with Gasteiger partial charge in [-0.25, -0.2) is 4.79 Å². The van der Waals surface area contributed by atoms with Crippen LogP contribution in [0.5, 0.6) is 0 Å². The fourth-order valence-corrected chi connectivity index (χ4v) is 4.66. The Kier molecular flexibility index (Phi) is 15.7. The number of hydrogen-bond donors (Lipinski definition) is 2. The van der Waals surface area contributed by atoms with Gasteiger partial charge in [0.25, 0.3) is 0 Å². The molecular weight excluding hydrogens is 550 g/mol. The van der Waals surface area contributed by atoms with E-state index in [0.29, 0.717) is 32.7 Å². The molecule has 0 saturated heterocycles. The van der Waals surface area contributed by atoms with Crippen LogP contribution in [0.25, 0.3) is 0 Å². The fourth-order valence-electron chi connectivity index (χ4n) is 4.66. The van der Waals surface area contributed by atoms with Crippen LogP contribution in [0.4, 0.5) is 0 Å². The molecule has 0 heterocycles. The van der Waals surface area contributed by atoms with Gasteiger partial charge in [-0.2, -0.15) is 0 Å². The minimum atomic E-state index is -0.958. The highest BCUT2D eigenvalue weighted by Crippen LogP contribution is 2.19. The first kappa shape index (κ1) is 34.0. The number of benzene rings is 1. The van der Waals surface area contributed by atoms with Gasteiger partial charge in [-0.3, -0.25) is 9.69 Å². The molecule has 2 unspecified atom stereocenters. The van der Waals surface area contributed by atoms with E-state index in [1.54, 1.807) is 12.1 Å². The highest BCUT2D eigenvalue weighted by Gasteiger charge is 2.22. The van der Waals surface area contributed by atoms with Crippen LogP contribution >= 0.6 is 0 Å². The van der Waals surface area contributed by atoms with Crippen LogP contribution in [0, 0.1) is 5.92 Å². The lowest BCUT2D eigenvalue weighted by Crippen LogP contribution is -2.38. The number of unbranched alkanes of at least 4 members (excludes halogenated alkanes) is 1. The van der Waals surface area contributed by atoms with Crippen LogP contribution in [0.3, 0.4) is 0 Å². The molecule has 0 saturated carbocycles. The average molecular weight is 594 g/mol. The molecule has 0 aromatic heterocycles. The molecule has 3 rings (SSSR count). The van der Waals surface area contributed by atoms with Gasteiger partial charge in [-0.1, -0.05) is 128 Å². The topological polar surface area (TPSA) is 87.1 Å². The van der Waals surface area contributed by atoms with Gasteiger partial charge in [0.1, 0.15) is 0 Å². The van der Waals surface area contributed by atoms with E-state index in [-0.39, 0.29) is 24.0 Å². The molecule has 230 valence electrons. The summed E-state index contributed by atoms with van der Waals surface area (Å²) in [5.41, 5.74) is 2.28. The summed E-state index contributed by atoms with van der Waals surface area (Å²) in [6.07, 6.45) is 40.8. The van der Waals surface area contributed by atoms with Gasteiger partial charge >= 0.3 is 11.9 Å². The Hall–Kier alpha value is -4.52. The Morgan fingerprint density at radius 3 is 2.09 bits per heavy atom. The number of aromatic carboxylic acids is 1. The number of ether oxygens (including phenoxy) is 1. The van der Waals surface area contributed by atoms with E-state index < -0.39 is 11.9 Å². The Morgan fingerprint density at radius 1 is 0.795 bits per heavy atom. The maximum atomic E-state index is 11.4. The highest BCUT2D eigenvalue weighted by atomic mass is 16.5. The molecule has 0 aliphatic heterocycles. The van der Waals surface area contributed by atoms with Crippen LogP contribution in [-0.4, -0.2) is 52.9 Å². The van der Waals surface area contributed by atoms with Gasteiger partial charge in [0.05, 0.1) is 18.3 Å². The maximum Gasteiger partial charge on any atom is 0.335 e. The molecule has 1 aromatic rings. The van der Waals surface area contributed by atoms with Gasteiger partial charge in [-0.15, -0.1) is 0 Å². The number of rotatable bonds is 14. The third-order valence-corrected chi connectivity index (χ3v) is 6.99. The van der Waals surface area contributed by atoms with Crippen molar-refractivity contribution in [3.8, 4) is 0 Å². The van der Waals surface area contributed by atoms with Crippen molar-refractivity contribution in [2.45, 2.75) is 38.3 Å². The average Bonchev–Trinajstić information content (AvgIpc) is 3.12. The number of carboxylic acid groups (broad SMARTS) is 2. The van der Waals surface area contributed by atoms with Crippen molar-refractivity contribution in [2.24, 2.45) is 5.92 Å². The minimum absolute atomic E-state index is 0.0352. The molecule has 0 spiro atoms. The van der Waals surface area contributed by atoms with Gasteiger partial charge < -0.3 is 14.9 Å². The molecule has 1 aromatic carbocycles. The van der Waals surface area contributed by atoms with Crippen LogP contribution in [0.15, 0.2) is 145 Å². The van der Waals surface area contributed by atoms with Gasteiger partial charge in [-0.05, 0) is 49.1 Å². The highest BCUT2D eigenvalue weighted by molar-refractivity contribution is 5.87. The first-order chi connectivity index (χ1) is 21.5. The first-order valence-corrected chi connectivity index (χ1v) is 15.1. The second kappa shape index (κ2) is 20.4. The smallest absolute Gasteiger partial charge is 0.335 e. The minimum Gasteiger partial charge on any atom is -0.481 e. The third-order valence-electron chi connectivity index (χ3n) is 6.99. The van der Waals surface area contributed by atoms with Gasteiger partial charge in [0, 0.05) is 25.4 Å². The van der Waals surface area contributed by atoms with Crippen molar-refractivity contribution in [1.82, 2.24) is 4.90 Å². The van der Waals surface area contributed by atoms with E-state index in [1.807, 2.05) is 91.1 Å². The second-order valence-corrected chi connectivity index (χ2v) is 10.5. The zero-order chi connectivity index (χ0) is 31.2. The number of nitrogens with zero attached hydrogens (tertiary/aromatic N) is 1. The van der Waals surface area contributed by atoms with Crippen molar-refractivity contribution in [3.63, 3.8) is 0 Å². The molecule has 6 heteroatoms. The van der Waals surface area contributed by atoms with Crippen molar-refractivity contribution < 1.29 is 24.5 Å². The summed E-state index contributed by atoms with van der Waals surface area (Å²) in [5.74, 6) is -1.79. The molecule has 2 N–H and O–H groups in total. The molecule has 0 fully saturated rings. The normalized spacial score (nSPS) is 23.6. The molecule has 6 nitrogen and oxygen atoms in total. The zero-order valence-corrected chi connectivity index (χ0v) is 25.2. The van der Waals surface area contributed by atoms with E-state index >= 15 is 0 Å². The molecule has 2 atom stereocenters. The first-order valence-electron chi connectivity index (χ1n) is 15.1. The van der Waals surface area contributed by atoms with Crippen molar-refractivity contribution in [3.05, 3.63) is 156 Å². The third kappa shape index (κ3) is 14.1. The zero-order valence-electron chi connectivity index (χ0n) is 25.2. The number of carboxylic acids is 2. The van der Waals surface area contributed by atoms with Crippen LogP contribution in [-0.2, 0) is 16.1 Å². The summed E-state index contributed by atoms with van der Waals surface area (Å²) >= 11 is 0. The summed E-state index contributed by atoms with van der Waals surface area (Å²) in [6, 6.07) is 6.92. The number of aliphatic carboxylic acids is 1. The molecule has 0 amide bonds. The Balaban J connectivity index is 1.88. The van der Waals surface area contributed by atoms with Gasteiger partial charge in [0.15, 0.2) is 0 Å². The summed E-state index contributed by atoms with van der Waals surface area (Å²) in [5, 5.41) is 18.5. The monoisotopic (exact) mass is 593 g/mol. The lowest BCUT2D eigenvalue weighted by atomic mass is 9.99. The molecule has 2 aliphatic rings. The predicted molar refractivity (Wildman–Crippen MR) is 178 cm³/mol. The number of allylic oxidation sites excluding steroid dienone is 16. The Labute approximate surface area is 261 Å². The Bertz CT molecular complexity index is 1330. The molecule has 44 heavy (non-hydrogen) atoms. The SMILES string of the molecule is O=C(O)CCCCN(Cc1ccc(C(=O)O)cc1)CC(OC/C1=C/C=C\C=C/C=C\CC=C1)C1C=C\C=C/C=C\C=C/C=C\1. The van der Waals surface area contributed by atoms with Crippen LogP contribution in [0.1, 0.15) is 41.6 Å². The number of hydrogen-bond acceptors (Lipinski definition) is 4. The van der Waals surface area contributed by atoms with E-state index in [9.17, 15) is 14.7 Å². The van der Waals surface area contributed by atoms with E-state index in [4.69, 9.17) is 9.84 Å². The summed E-state index contributed by atoms with van der Waals surface area (Å²) in [6.45, 7) is 2.28. The van der Waals surface area contributed by atoms with Gasteiger partial charge in [0.2, 0.25) is 0 Å². The summed E-state index contributed by atoms with van der Waals surface area (Å²) < 4.78 is 6.71. The van der Waals surface area contributed by atoms with Crippen LogP contribution in [0.2, 0.25) is 0 Å². The lowest BCUT2D eigenvalue weighted by Gasteiger charge is -2.31. The molecule has 2 aliphatic carbocycles. The molecule has 0 radical (unpaired) electrons. The fraction of sp³-hybridized carbons (Fsp3) is 0.263. The quantitative estimate of drug-likeness (QED) is 0.214. The van der Waals surface area contributed by atoms with Crippen LogP contribution < -0.4 is 0 Å². The molecular formula is C38H43NO5. The standard InChI is InChI=1S/C38H43NO5/c40-37(41)23-17-18-28-39(29-32-24-26-35(27-25-32)38(42)43)30-36(34-21-15-11-7-3-4-8-12-16-22-34)44-31-33-19-13-9-5-1-2-6-10-14-20-33/h1-9,11-16,19-22,24-27,34,36H,10,17-18,23,28-31H2,(H,40,41)(H,42,43)/b4-3-,5-1-,6-2-,11-7-,12-8-,13-9-,20-14?,21-15-,22-16?,33-19+. The largest absolute Gasteiger partial charge is 0.481 e. The summed E-state index contributed by atoms with van der Waals surface area (Å²) in [4.78, 5) is 24.8. The number of carbonyl (C=O) groups is 2. The van der Waals surface area contributed by atoms with E-state index in [2.05, 4.69) is 41.4 Å². The summed E-state index contributed by atoms with van der Waals surface area (Å²) in [7, 11) is 0. The van der Waals surface area contributed by atoms with E-state index in [1.165, 1.54) is 0 Å². The second-order valence-electron chi connectivity index (χ2n) is 10.5. The van der Waals surface area contributed by atoms with Crippen molar-refractivity contribution in [2.75, 3.05) is 19.7 Å². The molecule has 0 bridgehead atoms. The van der Waals surface area contributed by atoms with Crippen molar-refractivity contribution >= 4 is 11.9 Å². The maximum absolute atomic E-state index is 11.4. The van der Waals surface area contributed by atoms with E-state index in [0.717, 1.165) is 24.0 Å². The van der Waals surface area contributed by atoms with Crippen molar-refractivity contribution in [1.29, 1.82) is 0 Å². The predicted octanol–water partition coefficient (Wildman–Crippen LogP) is 7.79. The lowest BCUT2D eigenvalue weighted by molar-refractivity contribution is -0.137. The Morgan fingerprint density at radius 2 is 1.43 bits per heavy atom.